The maximum absolute atomic E-state index is 13.5. The third-order valence-electron chi connectivity index (χ3n) is 6.42. The number of unbranched alkanes of at least 4 members (excludes halogenated alkanes) is 2. The molecule has 0 aliphatic carbocycles. The van der Waals surface area contributed by atoms with Gasteiger partial charge in [-0.3, -0.25) is 14.5 Å². The molecule has 0 radical (unpaired) electrons. The van der Waals surface area contributed by atoms with Gasteiger partial charge in [0.1, 0.15) is 11.5 Å². The minimum Gasteiger partial charge on any atom is -0.507 e. The number of amides is 1. The zero-order valence-electron chi connectivity index (χ0n) is 20.8. The molecule has 37 heavy (non-hydrogen) atoms. The van der Waals surface area contributed by atoms with Crippen LogP contribution in [-0.2, 0) is 9.59 Å². The van der Waals surface area contributed by atoms with Crippen LogP contribution in [0.4, 0.5) is 5.13 Å². The molecular formula is C30H28N2O4S. The number of aliphatic hydroxyl groups excluding tert-OH is 1. The summed E-state index contributed by atoms with van der Waals surface area (Å²) in [5.41, 5.74) is 3.01. The summed E-state index contributed by atoms with van der Waals surface area (Å²) in [5, 5.41) is 11.7. The molecule has 4 aromatic rings. The van der Waals surface area contributed by atoms with Gasteiger partial charge in [0, 0.05) is 5.56 Å². The van der Waals surface area contributed by atoms with E-state index in [9.17, 15) is 14.7 Å². The number of carbonyl (C=O) groups excluding carboxylic acids is 2. The predicted octanol–water partition coefficient (Wildman–Crippen LogP) is 6.80. The second-order valence-corrected chi connectivity index (χ2v) is 10.1. The Morgan fingerprint density at radius 3 is 2.62 bits per heavy atom. The van der Waals surface area contributed by atoms with E-state index in [1.165, 1.54) is 16.2 Å². The largest absolute Gasteiger partial charge is 0.507 e. The highest BCUT2D eigenvalue weighted by Gasteiger charge is 2.48. The number of anilines is 1. The number of aliphatic hydroxyl groups is 1. The molecule has 0 saturated carbocycles. The van der Waals surface area contributed by atoms with Crippen LogP contribution in [0.2, 0.25) is 0 Å². The van der Waals surface area contributed by atoms with Gasteiger partial charge in [0.15, 0.2) is 5.13 Å². The molecule has 3 aromatic carbocycles. The fraction of sp³-hybridized carbons (Fsp3) is 0.233. The normalized spacial score (nSPS) is 17.0. The lowest BCUT2D eigenvalue weighted by Crippen LogP contribution is -2.29. The first-order chi connectivity index (χ1) is 18.0. The van der Waals surface area contributed by atoms with E-state index in [-0.39, 0.29) is 11.3 Å². The lowest BCUT2D eigenvalue weighted by Gasteiger charge is -2.23. The molecule has 1 aromatic heterocycles. The van der Waals surface area contributed by atoms with Gasteiger partial charge in [-0.1, -0.05) is 79.6 Å². The van der Waals surface area contributed by atoms with E-state index >= 15 is 0 Å². The third kappa shape index (κ3) is 4.87. The molecule has 7 heteroatoms. The standard InChI is InChI=1S/C30H28N2O4S/c1-3-4-8-16-36-22-13-9-12-21(18-22)26-25(27(33)20-10-6-5-7-11-20)28(34)29(35)32(26)30-31-23-15-14-19(2)17-24(23)37-30/h5-7,9-15,17-18,26,33H,3-4,8,16H2,1-2H3/b27-25+. The quantitative estimate of drug-likeness (QED) is 0.122. The van der Waals surface area contributed by atoms with Crippen LogP contribution >= 0.6 is 11.3 Å². The Labute approximate surface area is 219 Å². The number of hydrogen-bond donors (Lipinski definition) is 1. The minimum absolute atomic E-state index is 0.0368. The smallest absolute Gasteiger partial charge is 0.301 e. The van der Waals surface area contributed by atoms with Crippen LogP contribution in [-0.4, -0.2) is 28.4 Å². The second-order valence-electron chi connectivity index (χ2n) is 9.13. The number of fused-ring (bicyclic) bond motifs is 1. The molecule has 1 aliphatic heterocycles. The number of rotatable bonds is 8. The maximum atomic E-state index is 13.5. The van der Waals surface area contributed by atoms with E-state index in [2.05, 4.69) is 6.92 Å². The van der Waals surface area contributed by atoms with Crippen molar-refractivity contribution in [1.82, 2.24) is 4.98 Å². The average Bonchev–Trinajstić information content (AvgIpc) is 3.44. The first kappa shape index (κ1) is 24.7. The summed E-state index contributed by atoms with van der Waals surface area (Å²) in [6.45, 7) is 4.72. The Hall–Kier alpha value is -3.97. The number of carbonyl (C=O) groups is 2. The number of ketones is 1. The highest BCUT2D eigenvalue weighted by atomic mass is 32.1. The van der Waals surface area contributed by atoms with Crippen LogP contribution in [0.5, 0.6) is 5.75 Å². The highest BCUT2D eigenvalue weighted by molar-refractivity contribution is 7.22. The monoisotopic (exact) mass is 512 g/mol. The summed E-state index contributed by atoms with van der Waals surface area (Å²) in [4.78, 5) is 33.0. The minimum atomic E-state index is -0.846. The Balaban J connectivity index is 1.64. The second kappa shape index (κ2) is 10.6. The molecule has 1 atom stereocenters. The summed E-state index contributed by atoms with van der Waals surface area (Å²) in [6.07, 6.45) is 3.12. The first-order valence-electron chi connectivity index (χ1n) is 12.4. The van der Waals surface area contributed by atoms with Gasteiger partial charge in [-0.25, -0.2) is 4.98 Å². The molecule has 0 bridgehead atoms. The molecule has 188 valence electrons. The van der Waals surface area contributed by atoms with Gasteiger partial charge in [-0.2, -0.15) is 0 Å². The molecule has 1 N–H and O–H groups in total. The third-order valence-corrected chi connectivity index (χ3v) is 7.44. The SMILES string of the molecule is CCCCCOc1cccc(C2/C(=C(\O)c3ccccc3)C(=O)C(=O)N2c2nc3ccc(C)cc3s2)c1. The number of aryl methyl sites for hydroxylation is 1. The van der Waals surface area contributed by atoms with Gasteiger partial charge in [0.25, 0.3) is 5.78 Å². The number of Topliss-reactive ketones (excluding diaryl/α,β-unsaturated/α-hetero) is 1. The summed E-state index contributed by atoms with van der Waals surface area (Å²) >= 11 is 1.35. The van der Waals surface area contributed by atoms with E-state index in [0.717, 1.165) is 35.0 Å². The molecule has 6 nitrogen and oxygen atoms in total. The van der Waals surface area contributed by atoms with Crippen molar-refractivity contribution in [2.24, 2.45) is 0 Å². The molecule has 2 heterocycles. The molecule has 1 fully saturated rings. The van der Waals surface area contributed by atoms with E-state index < -0.39 is 17.7 Å². The van der Waals surface area contributed by atoms with E-state index in [1.54, 1.807) is 24.3 Å². The summed E-state index contributed by atoms with van der Waals surface area (Å²) in [6, 6.07) is 21.2. The number of benzene rings is 3. The number of nitrogens with zero attached hydrogens (tertiary/aromatic N) is 2. The Kier molecular flexibility index (Phi) is 7.06. The van der Waals surface area contributed by atoms with Gasteiger partial charge < -0.3 is 9.84 Å². The number of ether oxygens (including phenoxy) is 1. The molecule has 1 unspecified atom stereocenters. The van der Waals surface area contributed by atoms with Crippen molar-refractivity contribution >= 4 is 44.1 Å². The van der Waals surface area contributed by atoms with Crippen molar-refractivity contribution in [3.63, 3.8) is 0 Å². The van der Waals surface area contributed by atoms with Crippen molar-refractivity contribution in [2.45, 2.75) is 39.2 Å². The molecule has 1 aliphatic rings. The van der Waals surface area contributed by atoms with E-state index in [0.29, 0.717) is 28.6 Å². The summed E-state index contributed by atoms with van der Waals surface area (Å²) < 4.78 is 6.89. The van der Waals surface area contributed by atoms with Crippen molar-refractivity contribution in [3.8, 4) is 5.75 Å². The zero-order chi connectivity index (χ0) is 25.9. The van der Waals surface area contributed by atoms with Crippen molar-refractivity contribution in [3.05, 3.63) is 95.1 Å². The van der Waals surface area contributed by atoms with Gasteiger partial charge in [-0.05, 0) is 48.7 Å². The lowest BCUT2D eigenvalue weighted by molar-refractivity contribution is -0.132. The lowest BCUT2D eigenvalue weighted by atomic mass is 9.95. The van der Waals surface area contributed by atoms with Crippen LogP contribution in [0, 0.1) is 6.92 Å². The van der Waals surface area contributed by atoms with Crippen LogP contribution < -0.4 is 9.64 Å². The van der Waals surface area contributed by atoms with Crippen LogP contribution in [0.25, 0.3) is 16.0 Å². The number of hydrogen-bond acceptors (Lipinski definition) is 6. The Morgan fingerprint density at radius 2 is 1.84 bits per heavy atom. The Morgan fingerprint density at radius 1 is 1.03 bits per heavy atom. The summed E-state index contributed by atoms with van der Waals surface area (Å²) in [5.74, 6) is -1.01. The van der Waals surface area contributed by atoms with E-state index in [1.807, 2.05) is 55.5 Å². The van der Waals surface area contributed by atoms with Crippen molar-refractivity contribution < 1.29 is 19.4 Å². The topological polar surface area (TPSA) is 79.7 Å². The predicted molar refractivity (Wildman–Crippen MR) is 147 cm³/mol. The van der Waals surface area contributed by atoms with E-state index in [4.69, 9.17) is 9.72 Å². The summed E-state index contributed by atoms with van der Waals surface area (Å²) in [7, 11) is 0. The van der Waals surface area contributed by atoms with Gasteiger partial charge >= 0.3 is 5.91 Å². The molecular weight excluding hydrogens is 484 g/mol. The highest BCUT2D eigenvalue weighted by Crippen LogP contribution is 2.44. The number of aromatic nitrogens is 1. The molecule has 0 spiro atoms. The van der Waals surface area contributed by atoms with Crippen LogP contribution in [0.15, 0.2) is 78.4 Å². The average molecular weight is 513 g/mol. The molecule has 1 amide bonds. The fourth-order valence-electron chi connectivity index (χ4n) is 4.54. The van der Waals surface area contributed by atoms with Crippen molar-refractivity contribution in [1.29, 1.82) is 0 Å². The maximum Gasteiger partial charge on any atom is 0.301 e. The first-order valence-corrected chi connectivity index (χ1v) is 13.3. The Bertz CT molecular complexity index is 1490. The van der Waals surface area contributed by atoms with Gasteiger partial charge in [0.05, 0.1) is 28.4 Å². The van der Waals surface area contributed by atoms with Gasteiger partial charge in [-0.15, -0.1) is 0 Å². The van der Waals surface area contributed by atoms with Crippen LogP contribution in [0.3, 0.4) is 0 Å². The zero-order valence-corrected chi connectivity index (χ0v) is 21.6. The van der Waals surface area contributed by atoms with Gasteiger partial charge in [0.2, 0.25) is 0 Å². The van der Waals surface area contributed by atoms with Crippen LogP contribution in [0.1, 0.15) is 48.9 Å². The number of thiazole rings is 1. The molecule has 5 rings (SSSR count). The fourth-order valence-corrected chi connectivity index (χ4v) is 5.63. The van der Waals surface area contributed by atoms with Crippen molar-refractivity contribution in [2.75, 3.05) is 11.5 Å². The molecule has 1 saturated heterocycles.